The molecule has 0 aliphatic carbocycles. The van der Waals surface area contributed by atoms with Gasteiger partial charge in [-0.2, -0.15) is 0 Å². The smallest absolute Gasteiger partial charge is 0.303 e. The number of furan rings is 1. The molecule has 0 atom stereocenters. The van der Waals surface area contributed by atoms with Crippen LogP contribution in [0.25, 0.3) is 0 Å². The molecule has 0 aliphatic rings. The molecule has 5 nitrogen and oxygen atoms in total. The summed E-state index contributed by atoms with van der Waals surface area (Å²) in [6, 6.07) is 1.52. The summed E-state index contributed by atoms with van der Waals surface area (Å²) in [5.74, 6) is -1.02. The number of nitrogens with one attached hydrogen (secondary N) is 1. The van der Waals surface area contributed by atoms with Crippen molar-refractivity contribution in [1.29, 1.82) is 0 Å². The Hall–Kier alpha value is -1.49. The lowest BCUT2D eigenvalue weighted by Gasteiger charge is -2.03. The zero-order valence-corrected chi connectivity index (χ0v) is 10.7. The zero-order valence-electron chi connectivity index (χ0n) is 9.95. The van der Waals surface area contributed by atoms with Gasteiger partial charge < -0.3 is 14.8 Å². The lowest BCUT2D eigenvalue weighted by molar-refractivity contribution is -0.137. The van der Waals surface area contributed by atoms with Crippen molar-refractivity contribution in [3.8, 4) is 0 Å². The van der Waals surface area contributed by atoms with Crippen LogP contribution in [0.1, 0.15) is 42.5 Å². The van der Waals surface area contributed by atoms with Crippen LogP contribution in [-0.2, 0) is 4.79 Å². The van der Waals surface area contributed by atoms with Crippen LogP contribution in [0.15, 0.2) is 16.7 Å². The van der Waals surface area contributed by atoms with Gasteiger partial charge in [-0.1, -0.05) is 12.8 Å². The van der Waals surface area contributed by atoms with Crippen LogP contribution in [0.4, 0.5) is 0 Å². The maximum absolute atomic E-state index is 11.6. The molecule has 0 radical (unpaired) electrons. The summed E-state index contributed by atoms with van der Waals surface area (Å²) in [5.41, 5.74) is 0.336. The Morgan fingerprint density at radius 2 is 2.00 bits per heavy atom. The van der Waals surface area contributed by atoms with Crippen molar-refractivity contribution in [1.82, 2.24) is 5.32 Å². The van der Waals surface area contributed by atoms with E-state index in [4.69, 9.17) is 21.1 Å². The third-order valence-electron chi connectivity index (χ3n) is 2.47. The number of halogens is 1. The van der Waals surface area contributed by atoms with E-state index in [0.29, 0.717) is 18.5 Å². The van der Waals surface area contributed by atoms with Gasteiger partial charge in [0.25, 0.3) is 5.91 Å². The third-order valence-corrected chi connectivity index (χ3v) is 2.76. The number of carbonyl (C=O) groups excluding carboxylic acids is 1. The molecule has 6 heteroatoms. The van der Waals surface area contributed by atoms with Crippen molar-refractivity contribution in [2.75, 3.05) is 6.54 Å². The number of amides is 1. The van der Waals surface area contributed by atoms with Crippen LogP contribution in [0, 0.1) is 0 Å². The van der Waals surface area contributed by atoms with E-state index in [9.17, 15) is 9.59 Å². The van der Waals surface area contributed by atoms with Crippen LogP contribution in [0.5, 0.6) is 0 Å². The van der Waals surface area contributed by atoms with Gasteiger partial charge in [-0.3, -0.25) is 9.59 Å². The standard InChI is InChI=1S/C12H16ClNO4/c13-11-9(6-8-18-11)12(17)14-7-4-2-1-3-5-10(15)16/h6,8H,1-5,7H2,(H,14,17)(H,15,16). The van der Waals surface area contributed by atoms with E-state index >= 15 is 0 Å². The van der Waals surface area contributed by atoms with E-state index < -0.39 is 5.97 Å². The van der Waals surface area contributed by atoms with Gasteiger partial charge in [0.2, 0.25) is 5.22 Å². The predicted octanol–water partition coefficient (Wildman–Crippen LogP) is 2.70. The summed E-state index contributed by atoms with van der Waals surface area (Å²) < 4.78 is 4.82. The van der Waals surface area contributed by atoms with Crippen LogP contribution < -0.4 is 5.32 Å². The van der Waals surface area contributed by atoms with E-state index in [-0.39, 0.29) is 17.5 Å². The van der Waals surface area contributed by atoms with Gasteiger partial charge in [-0.05, 0) is 30.5 Å². The fraction of sp³-hybridized carbons (Fsp3) is 0.500. The van der Waals surface area contributed by atoms with Crippen LogP contribution in [-0.4, -0.2) is 23.5 Å². The highest BCUT2D eigenvalue weighted by atomic mass is 35.5. The van der Waals surface area contributed by atoms with E-state index in [2.05, 4.69) is 5.32 Å². The second kappa shape index (κ2) is 7.76. The quantitative estimate of drug-likeness (QED) is 0.714. The number of unbranched alkanes of at least 4 members (excludes halogenated alkanes) is 3. The minimum atomic E-state index is -0.766. The number of carbonyl (C=O) groups is 2. The highest BCUT2D eigenvalue weighted by Gasteiger charge is 2.11. The fourth-order valence-electron chi connectivity index (χ4n) is 1.51. The largest absolute Gasteiger partial charge is 0.481 e. The topological polar surface area (TPSA) is 79.5 Å². The molecule has 1 amide bonds. The first-order chi connectivity index (χ1) is 8.61. The van der Waals surface area contributed by atoms with Gasteiger partial charge in [0.05, 0.1) is 11.8 Å². The molecule has 0 saturated carbocycles. The van der Waals surface area contributed by atoms with Crippen LogP contribution in [0.2, 0.25) is 5.22 Å². The average molecular weight is 274 g/mol. The van der Waals surface area contributed by atoms with Gasteiger partial charge >= 0.3 is 5.97 Å². The molecule has 0 aromatic carbocycles. The van der Waals surface area contributed by atoms with Crippen molar-refractivity contribution in [3.63, 3.8) is 0 Å². The Labute approximate surface area is 110 Å². The number of hydrogen-bond acceptors (Lipinski definition) is 3. The van der Waals surface area contributed by atoms with E-state index in [0.717, 1.165) is 19.3 Å². The Balaban J connectivity index is 2.06. The fourth-order valence-corrected chi connectivity index (χ4v) is 1.71. The van der Waals surface area contributed by atoms with Gasteiger partial charge in [0.15, 0.2) is 0 Å². The Bertz CT molecular complexity index is 403. The molecule has 0 aliphatic heterocycles. The lowest BCUT2D eigenvalue weighted by Crippen LogP contribution is -2.24. The Morgan fingerprint density at radius 3 is 2.61 bits per heavy atom. The van der Waals surface area contributed by atoms with Gasteiger partial charge in [-0.25, -0.2) is 0 Å². The molecule has 1 heterocycles. The lowest BCUT2D eigenvalue weighted by atomic mass is 10.1. The molecule has 100 valence electrons. The maximum Gasteiger partial charge on any atom is 0.303 e. The van der Waals surface area contributed by atoms with Crippen LogP contribution in [0.3, 0.4) is 0 Å². The van der Waals surface area contributed by atoms with Crippen molar-refractivity contribution < 1.29 is 19.1 Å². The molecule has 0 spiro atoms. The second-order valence-corrected chi connectivity index (χ2v) is 4.27. The number of hydrogen-bond donors (Lipinski definition) is 2. The van der Waals surface area contributed by atoms with Crippen LogP contribution >= 0.6 is 11.6 Å². The normalized spacial score (nSPS) is 10.3. The van der Waals surface area contributed by atoms with Gasteiger partial charge in [0.1, 0.15) is 0 Å². The molecule has 0 fully saturated rings. The number of carboxylic acid groups (broad SMARTS) is 1. The summed E-state index contributed by atoms with van der Waals surface area (Å²) in [4.78, 5) is 21.8. The Kier molecular flexibility index (Phi) is 6.28. The summed E-state index contributed by atoms with van der Waals surface area (Å²) >= 11 is 5.66. The molecule has 18 heavy (non-hydrogen) atoms. The molecule has 0 unspecified atom stereocenters. The summed E-state index contributed by atoms with van der Waals surface area (Å²) in [6.07, 6.45) is 4.82. The summed E-state index contributed by atoms with van der Waals surface area (Å²) in [6.45, 7) is 0.549. The molecule has 2 N–H and O–H groups in total. The monoisotopic (exact) mass is 273 g/mol. The minimum absolute atomic E-state index is 0.0916. The van der Waals surface area contributed by atoms with Crippen molar-refractivity contribution >= 4 is 23.5 Å². The average Bonchev–Trinajstić information content (AvgIpc) is 2.73. The first kappa shape index (κ1) is 14.6. The van der Waals surface area contributed by atoms with Crippen molar-refractivity contribution in [2.24, 2.45) is 0 Å². The molecule has 1 rings (SSSR count). The van der Waals surface area contributed by atoms with E-state index in [1.807, 2.05) is 0 Å². The van der Waals surface area contributed by atoms with Crippen molar-refractivity contribution in [2.45, 2.75) is 32.1 Å². The highest BCUT2D eigenvalue weighted by molar-refractivity contribution is 6.32. The third kappa shape index (κ3) is 5.23. The first-order valence-corrected chi connectivity index (χ1v) is 6.22. The first-order valence-electron chi connectivity index (χ1n) is 5.84. The maximum atomic E-state index is 11.6. The molecule has 0 bridgehead atoms. The number of aliphatic carboxylic acids is 1. The second-order valence-electron chi connectivity index (χ2n) is 3.92. The SMILES string of the molecule is O=C(O)CCCCCCNC(=O)c1ccoc1Cl. The van der Waals surface area contributed by atoms with Gasteiger partial charge in [0, 0.05) is 13.0 Å². The molecule has 1 aromatic heterocycles. The number of carboxylic acids is 1. The van der Waals surface area contributed by atoms with E-state index in [1.165, 1.54) is 12.3 Å². The summed E-state index contributed by atoms with van der Waals surface area (Å²) in [7, 11) is 0. The predicted molar refractivity (Wildman–Crippen MR) is 66.8 cm³/mol. The zero-order chi connectivity index (χ0) is 13.4. The Morgan fingerprint density at radius 1 is 1.28 bits per heavy atom. The number of rotatable bonds is 8. The molecule has 0 saturated heterocycles. The highest BCUT2D eigenvalue weighted by Crippen LogP contribution is 2.16. The minimum Gasteiger partial charge on any atom is -0.481 e. The molecular weight excluding hydrogens is 258 g/mol. The van der Waals surface area contributed by atoms with E-state index in [1.54, 1.807) is 0 Å². The van der Waals surface area contributed by atoms with Gasteiger partial charge in [-0.15, -0.1) is 0 Å². The molecular formula is C12H16ClNO4. The van der Waals surface area contributed by atoms with Crippen molar-refractivity contribution in [3.05, 3.63) is 23.1 Å². The summed E-state index contributed by atoms with van der Waals surface area (Å²) in [5, 5.41) is 11.3. The molecule has 1 aromatic rings.